The Morgan fingerprint density at radius 1 is 1.32 bits per heavy atom. The standard InChI is InChI=1S/C17H35N3O3S2/c1-6-24(21)15-9-7-8-14(12-15)20-16(18-4)19-13-17(2,3)10-11-25(5,22)23/h14-15H,6-13H2,1-5H3,(H2,18,19,20). The maximum Gasteiger partial charge on any atom is 0.191 e. The molecule has 8 heteroatoms. The number of hydrogen-bond acceptors (Lipinski definition) is 4. The van der Waals surface area contributed by atoms with Crippen LogP contribution in [0.2, 0.25) is 0 Å². The van der Waals surface area contributed by atoms with Crippen LogP contribution in [0.1, 0.15) is 52.9 Å². The summed E-state index contributed by atoms with van der Waals surface area (Å²) in [7, 11) is -1.94. The van der Waals surface area contributed by atoms with Gasteiger partial charge in [-0.2, -0.15) is 0 Å². The molecular formula is C17H35N3O3S2. The molecule has 1 rings (SSSR count). The quantitative estimate of drug-likeness (QED) is 0.484. The van der Waals surface area contributed by atoms with Gasteiger partial charge in [0.05, 0.1) is 5.75 Å². The van der Waals surface area contributed by atoms with Gasteiger partial charge in [-0.3, -0.25) is 9.20 Å². The number of nitrogens with one attached hydrogen (secondary N) is 2. The van der Waals surface area contributed by atoms with E-state index < -0.39 is 20.6 Å². The highest BCUT2D eigenvalue weighted by molar-refractivity contribution is 7.90. The minimum atomic E-state index is -2.94. The summed E-state index contributed by atoms with van der Waals surface area (Å²) >= 11 is 0. The number of hydrogen-bond donors (Lipinski definition) is 2. The van der Waals surface area contributed by atoms with Crippen LogP contribution in [0.15, 0.2) is 4.99 Å². The first-order chi connectivity index (χ1) is 11.6. The van der Waals surface area contributed by atoms with E-state index in [1.807, 2.05) is 6.92 Å². The van der Waals surface area contributed by atoms with Crippen molar-refractivity contribution in [1.29, 1.82) is 0 Å². The fourth-order valence-corrected chi connectivity index (χ4v) is 5.28. The Morgan fingerprint density at radius 3 is 2.56 bits per heavy atom. The Balaban J connectivity index is 2.50. The molecule has 1 aliphatic carbocycles. The predicted octanol–water partition coefficient (Wildman–Crippen LogP) is 1.69. The molecule has 0 bridgehead atoms. The third-order valence-corrected chi connectivity index (χ3v) is 7.42. The maximum atomic E-state index is 12.1. The van der Waals surface area contributed by atoms with Gasteiger partial charge in [0.2, 0.25) is 0 Å². The Morgan fingerprint density at radius 2 is 2.00 bits per heavy atom. The lowest BCUT2D eigenvalue weighted by Gasteiger charge is -2.31. The van der Waals surface area contributed by atoms with Crippen LogP contribution in [0.3, 0.4) is 0 Å². The van der Waals surface area contributed by atoms with Gasteiger partial charge in [-0.1, -0.05) is 27.2 Å². The zero-order chi connectivity index (χ0) is 19.1. The molecule has 0 amide bonds. The number of aliphatic imine (C=N–C) groups is 1. The van der Waals surface area contributed by atoms with Crippen molar-refractivity contribution >= 4 is 26.6 Å². The summed E-state index contributed by atoms with van der Waals surface area (Å²) in [6.07, 6.45) is 6.00. The van der Waals surface area contributed by atoms with Gasteiger partial charge in [-0.05, 0) is 31.1 Å². The second-order valence-electron chi connectivity index (χ2n) is 7.77. The zero-order valence-corrected chi connectivity index (χ0v) is 17.9. The lowest BCUT2D eigenvalue weighted by Crippen LogP contribution is -2.48. The second-order valence-corrected chi connectivity index (χ2v) is 12.0. The Kier molecular flexibility index (Phi) is 8.87. The van der Waals surface area contributed by atoms with Crippen LogP contribution < -0.4 is 10.6 Å². The van der Waals surface area contributed by atoms with E-state index in [-0.39, 0.29) is 16.4 Å². The summed E-state index contributed by atoms with van der Waals surface area (Å²) in [5.74, 6) is 1.65. The van der Waals surface area contributed by atoms with Crippen molar-refractivity contribution < 1.29 is 12.6 Å². The molecule has 0 aromatic heterocycles. The first-order valence-electron chi connectivity index (χ1n) is 9.08. The van der Waals surface area contributed by atoms with E-state index in [0.29, 0.717) is 19.0 Å². The predicted molar refractivity (Wildman–Crippen MR) is 107 cm³/mol. The van der Waals surface area contributed by atoms with E-state index in [1.165, 1.54) is 6.26 Å². The monoisotopic (exact) mass is 393 g/mol. The van der Waals surface area contributed by atoms with Gasteiger partial charge >= 0.3 is 0 Å². The van der Waals surface area contributed by atoms with Crippen LogP contribution >= 0.6 is 0 Å². The van der Waals surface area contributed by atoms with E-state index in [4.69, 9.17) is 0 Å². The first kappa shape index (κ1) is 22.4. The summed E-state index contributed by atoms with van der Waals surface area (Å²) in [4.78, 5) is 4.28. The fourth-order valence-electron chi connectivity index (χ4n) is 3.01. The average molecular weight is 394 g/mol. The number of rotatable bonds is 8. The lowest BCUT2D eigenvalue weighted by molar-refractivity contribution is 0.345. The molecule has 0 aromatic rings. The molecule has 0 saturated heterocycles. The maximum absolute atomic E-state index is 12.1. The molecule has 25 heavy (non-hydrogen) atoms. The second kappa shape index (κ2) is 9.90. The third kappa shape index (κ3) is 9.03. The summed E-state index contributed by atoms with van der Waals surface area (Å²) in [5, 5.41) is 7.04. The smallest absolute Gasteiger partial charge is 0.191 e. The lowest BCUT2D eigenvalue weighted by atomic mass is 9.90. The summed E-state index contributed by atoms with van der Waals surface area (Å²) in [6, 6.07) is 0.291. The Labute approximate surface area is 156 Å². The summed E-state index contributed by atoms with van der Waals surface area (Å²) in [5.41, 5.74) is -0.139. The highest BCUT2D eigenvalue weighted by Crippen LogP contribution is 2.23. The Hall–Kier alpha value is -0.630. The van der Waals surface area contributed by atoms with E-state index in [0.717, 1.165) is 37.4 Å². The topological polar surface area (TPSA) is 87.6 Å². The molecule has 3 atom stereocenters. The third-order valence-electron chi connectivity index (χ3n) is 4.73. The van der Waals surface area contributed by atoms with Crippen molar-refractivity contribution in [1.82, 2.24) is 10.6 Å². The normalized spacial score (nSPS) is 24.0. The Bertz CT molecular complexity index is 574. The van der Waals surface area contributed by atoms with E-state index in [2.05, 4.69) is 29.5 Å². The van der Waals surface area contributed by atoms with E-state index in [9.17, 15) is 12.6 Å². The van der Waals surface area contributed by atoms with Gasteiger partial charge < -0.3 is 10.6 Å². The van der Waals surface area contributed by atoms with Gasteiger partial charge in [-0.25, -0.2) is 8.42 Å². The van der Waals surface area contributed by atoms with Crippen LogP contribution in [0.25, 0.3) is 0 Å². The van der Waals surface area contributed by atoms with Crippen molar-refractivity contribution in [3.8, 4) is 0 Å². The minimum Gasteiger partial charge on any atom is -0.356 e. The molecule has 1 aliphatic rings. The largest absolute Gasteiger partial charge is 0.356 e. The molecule has 0 aromatic carbocycles. The van der Waals surface area contributed by atoms with Crippen LogP contribution in [0.4, 0.5) is 0 Å². The van der Waals surface area contributed by atoms with Crippen molar-refractivity contribution in [2.45, 2.75) is 64.2 Å². The SMILES string of the molecule is CCS(=O)C1CCCC(NC(=NC)NCC(C)(C)CCS(C)(=O)=O)C1. The van der Waals surface area contributed by atoms with Crippen LogP contribution in [-0.2, 0) is 20.6 Å². The number of sulfone groups is 1. The van der Waals surface area contributed by atoms with Crippen molar-refractivity contribution in [2.24, 2.45) is 10.4 Å². The fraction of sp³-hybridized carbons (Fsp3) is 0.941. The molecular weight excluding hydrogens is 358 g/mol. The molecule has 0 heterocycles. The highest BCUT2D eigenvalue weighted by atomic mass is 32.2. The first-order valence-corrected chi connectivity index (χ1v) is 12.5. The van der Waals surface area contributed by atoms with Crippen LogP contribution in [-0.4, -0.2) is 61.2 Å². The van der Waals surface area contributed by atoms with Crippen molar-refractivity contribution in [3.05, 3.63) is 0 Å². The van der Waals surface area contributed by atoms with Crippen LogP contribution in [0.5, 0.6) is 0 Å². The van der Waals surface area contributed by atoms with E-state index in [1.54, 1.807) is 7.05 Å². The van der Waals surface area contributed by atoms with E-state index >= 15 is 0 Å². The van der Waals surface area contributed by atoms with Gasteiger partial charge in [0.1, 0.15) is 9.84 Å². The molecule has 3 unspecified atom stereocenters. The average Bonchev–Trinajstić information content (AvgIpc) is 2.56. The number of guanidine groups is 1. The van der Waals surface area contributed by atoms with Crippen molar-refractivity contribution in [3.63, 3.8) is 0 Å². The highest BCUT2D eigenvalue weighted by Gasteiger charge is 2.26. The van der Waals surface area contributed by atoms with Gasteiger partial charge in [-0.15, -0.1) is 0 Å². The molecule has 0 radical (unpaired) electrons. The van der Waals surface area contributed by atoms with Gasteiger partial charge in [0, 0.05) is 47.7 Å². The summed E-state index contributed by atoms with van der Waals surface area (Å²) in [6.45, 7) is 6.74. The molecule has 1 saturated carbocycles. The molecule has 0 aliphatic heterocycles. The number of nitrogens with zero attached hydrogens (tertiary/aromatic N) is 1. The van der Waals surface area contributed by atoms with Crippen LogP contribution in [0, 0.1) is 5.41 Å². The molecule has 148 valence electrons. The molecule has 6 nitrogen and oxygen atoms in total. The molecule has 1 fully saturated rings. The van der Waals surface area contributed by atoms with Crippen molar-refractivity contribution in [2.75, 3.05) is 31.4 Å². The van der Waals surface area contributed by atoms with Gasteiger partial charge in [0.25, 0.3) is 0 Å². The summed E-state index contributed by atoms with van der Waals surface area (Å²) < 4.78 is 34.8. The zero-order valence-electron chi connectivity index (χ0n) is 16.3. The minimum absolute atomic E-state index is 0.139. The van der Waals surface area contributed by atoms with Gasteiger partial charge in [0.15, 0.2) is 5.96 Å². The molecule has 0 spiro atoms. The molecule has 2 N–H and O–H groups in total.